The molecule has 0 saturated carbocycles. The smallest absolute Gasteiger partial charge is 0.231 e. The first-order valence-corrected chi connectivity index (χ1v) is 10.8. The number of benzene rings is 3. The van der Waals surface area contributed by atoms with Gasteiger partial charge in [-0.1, -0.05) is 6.07 Å². The lowest BCUT2D eigenvalue weighted by atomic mass is 10.0. The Bertz CT molecular complexity index is 1450. The van der Waals surface area contributed by atoms with Gasteiger partial charge in [0, 0.05) is 5.39 Å². The molecule has 1 aromatic heterocycles. The summed E-state index contributed by atoms with van der Waals surface area (Å²) >= 11 is 0. The van der Waals surface area contributed by atoms with E-state index in [1.165, 1.54) is 0 Å². The van der Waals surface area contributed by atoms with Crippen LogP contribution in [0.2, 0.25) is 0 Å². The zero-order valence-electron chi connectivity index (χ0n) is 17.9. The molecule has 0 bridgehead atoms. The molecule has 0 atom stereocenters. The van der Waals surface area contributed by atoms with E-state index in [1.807, 2.05) is 18.2 Å². The van der Waals surface area contributed by atoms with Gasteiger partial charge in [-0.25, -0.2) is 8.42 Å². The van der Waals surface area contributed by atoms with Crippen molar-refractivity contribution in [2.75, 3.05) is 28.1 Å². The summed E-state index contributed by atoms with van der Waals surface area (Å²) in [5.41, 5.74) is 1.14. The zero-order chi connectivity index (χ0) is 23.0. The molecule has 0 radical (unpaired) electrons. The molecule has 168 valence electrons. The van der Waals surface area contributed by atoms with Crippen molar-refractivity contribution in [2.45, 2.75) is 0 Å². The van der Waals surface area contributed by atoms with E-state index in [0.717, 1.165) is 62.6 Å². The van der Waals surface area contributed by atoms with E-state index in [9.17, 15) is 13.0 Å². The predicted molar refractivity (Wildman–Crippen MR) is 116 cm³/mol. The van der Waals surface area contributed by atoms with Crippen molar-refractivity contribution in [3.05, 3.63) is 42.6 Å². The van der Waals surface area contributed by atoms with Gasteiger partial charge >= 0.3 is 0 Å². The van der Waals surface area contributed by atoms with Crippen LogP contribution in [0.25, 0.3) is 32.4 Å². The lowest BCUT2D eigenvalue weighted by Gasteiger charge is -2.11. The molecular formula is C22H21NO8S. The third kappa shape index (κ3) is 3.95. The number of aromatic nitrogens is 1. The van der Waals surface area contributed by atoms with E-state index in [-0.39, 0.29) is 6.79 Å². The van der Waals surface area contributed by atoms with Crippen LogP contribution in [-0.2, 0) is 21.6 Å². The van der Waals surface area contributed by atoms with Gasteiger partial charge in [0.25, 0.3) is 0 Å². The second-order valence-corrected chi connectivity index (χ2v) is 8.15. The SMILES string of the molecule is COS(=O)(=O)[O-].COc1cc2c[n+](C)c3c4cc5c(cc4ccc3c2cc1OC)OCO5. The van der Waals surface area contributed by atoms with Gasteiger partial charge in [-0.3, -0.25) is 4.18 Å². The van der Waals surface area contributed by atoms with Crippen molar-refractivity contribution >= 4 is 42.8 Å². The van der Waals surface area contributed by atoms with Crippen LogP contribution in [0, 0.1) is 0 Å². The average Bonchev–Trinajstić information content (AvgIpc) is 3.23. The van der Waals surface area contributed by atoms with Gasteiger partial charge in [-0.05, 0) is 35.7 Å². The number of nitrogens with zero attached hydrogens (tertiary/aromatic N) is 1. The molecule has 32 heavy (non-hydrogen) atoms. The van der Waals surface area contributed by atoms with E-state index >= 15 is 0 Å². The van der Waals surface area contributed by atoms with Crippen LogP contribution >= 0.6 is 0 Å². The second kappa shape index (κ2) is 8.30. The first-order valence-electron chi connectivity index (χ1n) is 9.47. The maximum Gasteiger partial charge on any atom is 0.231 e. The highest BCUT2D eigenvalue weighted by molar-refractivity contribution is 7.80. The van der Waals surface area contributed by atoms with E-state index in [0.29, 0.717) is 0 Å². The molecule has 2 heterocycles. The number of aryl methyl sites for hydroxylation is 1. The van der Waals surface area contributed by atoms with E-state index in [4.69, 9.17) is 18.9 Å². The highest BCUT2D eigenvalue weighted by atomic mass is 32.3. The Morgan fingerprint density at radius 2 is 1.50 bits per heavy atom. The second-order valence-electron chi connectivity index (χ2n) is 7.00. The van der Waals surface area contributed by atoms with E-state index in [2.05, 4.69) is 40.2 Å². The van der Waals surface area contributed by atoms with Gasteiger partial charge in [0.15, 0.2) is 29.2 Å². The lowest BCUT2D eigenvalue weighted by molar-refractivity contribution is -0.642. The zero-order valence-corrected chi connectivity index (χ0v) is 18.7. The van der Waals surface area contributed by atoms with Crippen molar-refractivity contribution in [1.29, 1.82) is 0 Å². The molecule has 1 aliphatic rings. The Kier molecular flexibility index (Phi) is 5.68. The van der Waals surface area contributed by atoms with Crippen LogP contribution in [0.5, 0.6) is 23.0 Å². The monoisotopic (exact) mass is 459 g/mol. The van der Waals surface area contributed by atoms with Gasteiger partial charge in [0.2, 0.25) is 22.7 Å². The summed E-state index contributed by atoms with van der Waals surface area (Å²) in [5, 5.41) is 5.62. The molecule has 1 aliphatic heterocycles. The number of hydrogen-bond donors (Lipinski definition) is 0. The standard InChI is InChI=1S/C21H18NO4.CH4O4S/c1-22-10-13-7-17(23-2)18(24-3)8-15(13)14-5-4-12-6-19-20(26-11-25-19)9-16(12)21(14)22;1-5-6(2,3)4/h4-10H,11H2,1-3H3;1H3,(H,2,3,4)/q+1;/p-1. The Morgan fingerprint density at radius 3 is 2.12 bits per heavy atom. The Morgan fingerprint density at radius 1 is 0.875 bits per heavy atom. The van der Waals surface area contributed by atoms with E-state index < -0.39 is 10.4 Å². The fourth-order valence-corrected chi connectivity index (χ4v) is 3.80. The van der Waals surface area contributed by atoms with Crippen molar-refractivity contribution in [3.8, 4) is 23.0 Å². The molecular weight excluding hydrogens is 438 g/mol. The minimum absolute atomic E-state index is 0.273. The average molecular weight is 459 g/mol. The molecule has 3 aromatic carbocycles. The number of methoxy groups -OCH3 is 2. The first kappa shape index (κ1) is 21.9. The van der Waals surface area contributed by atoms with Crippen molar-refractivity contribution in [3.63, 3.8) is 0 Å². The summed E-state index contributed by atoms with van der Waals surface area (Å²) in [7, 11) is 1.77. The quantitative estimate of drug-likeness (QED) is 0.199. The Hall–Kier alpha value is -3.34. The third-order valence-corrected chi connectivity index (χ3v) is 5.63. The first-order chi connectivity index (χ1) is 15.3. The van der Waals surface area contributed by atoms with Crippen LogP contribution in [-0.4, -0.2) is 41.1 Å². The number of hydrogen-bond acceptors (Lipinski definition) is 8. The Labute approximate surface area is 184 Å². The molecule has 9 nitrogen and oxygen atoms in total. The molecule has 0 amide bonds. The maximum atomic E-state index is 9.22. The molecule has 0 unspecified atom stereocenters. The summed E-state index contributed by atoms with van der Waals surface area (Å²) < 4.78 is 55.2. The van der Waals surface area contributed by atoms with Gasteiger partial charge in [0.05, 0.1) is 37.5 Å². The largest absolute Gasteiger partial charge is 0.726 e. The Balaban J connectivity index is 0.000000363. The highest BCUT2D eigenvalue weighted by Crippen LogP contribution is 2.40. The molecule has 4 aromatic rings. The topological polar surface area (TPSA) is 107 Å². The minimum atomic E-state index is -4.41. The van der Waals surface area contributed by atoms with Crippen molar-refractivity contribution < 1.29 is 40.7 Å². The van der Waals surface area contributed by atoms with Crippen LogP contribution in [0.15, 0.2) is 42.6 Å². The normalized spacial score (nSPS) is 12.7. The molecule has 0 spiro atoms. The molecule has 0 N–H and O–H groups in total. The van der Waals surface area contributed by atoms with Crippen molar-refractivity contribution in [2.24, 2.45) is 7.05 Å². The van der Waals surface area contributed by atoms with E-state index in [1.54, 1.807) is 14.2 Å². The summed E-state index contributed by atoms with van der Waals surface area (Å²) in [4.78, 5) is 0. The predicted octanol–water partition coefficient (Wildman–Crippen LogP) is 2.81. The van der Waals surface area contributed by atoms with Gasteiger partial charge < -0.3 is 23.5 Å². The molecule has 0 saturated heterocycles. The summed E-state index contributed by atoms with van der Waals surface area (Å²) in [6.45, 7) is 0.273. The molecule has 0 aliphatic carbocycles. The summed E-state index contributed by atoms with van der Waals surface area (Å²) in [6, 6.07) is 12.4. The molecule has 10 heteroatoms. The lowest BCUT2D eigenvalue weighted by Crippen LogP contribution is -2.28. The maximum absolute atomic E-state index is 9.22. The fraction of sp³-hybridized carbons (Fsp3) is 0.227. The summed E-state index contributed by atoms with van der Waals surface area (Å²) in [5.74, 6) is 3.04. The van der Waals surface area contributed by atoms with Crippen LogP contribution < -0.4 is 23.5 Å². The van der Waals surface area contributed by atoms with Crippen LogP contribution in [0.4, 0.5) is 0 Å². The molecule has 5 rings (SSSR count). The van der Waals surface area contributed by atoms with Crippen LogP contribution in [0.3, 0.4) is 0 Å². The van der Waals surface area contributed by atoms with Crippen LogP contribution in [0.1, 0.15) is 0 Å². The molecule has 0 fully saturated rings. The fourth-order valence-electron chi connectivity index (χ4n) is 3.80. The third-order valence-electron chi connectivity index (χ3n) is 5.22. The number of fused-ring (bicyclic) bond motifs is 6. The van der Waals surface area contributed by atoms with Crippen molar-refractivity contribution in [1.82, 2.24) is 0 Å². The van der Waals surface area contributed by atoms with Gasteiger partial charge in [0.1, 0.15) is 7.05 Å². The van der Waals surface area contributed by atoms with Gasteiger partial charge in [-0.15, -0.1) is 0 Å². The van der Waals surface area contributed by atoms with Gasteiger partial charge in [-0.2, -0.15) is 4.57 Å². The summed E-state index contributed by atoms with van der Waals surface area (Å²) in [6.07, 6.45) is 2.11. The number of pyridine rings is 1. The number of ether oxygens (including phenoxy) is 4. The minimum Gasteiger partial charge on any atom is -0.726 e. The number of rotatable bonds is 3. The highest BCUT2D eigenvalue weighted by Gasteiger charge is 2.20.